The van der Waals surface area contributed by atoms with Crippen molar-refractivity contribution in [1.29, 1.82) is 0 Å². The van der Waals surface area contributed by atoms with Gasteiger partial charge in [0.2, 0.25) is 5.82 Å². The summed E-state index contributed by atoms with van der Waals surface area (Å²) in [4.78, 5) is 16.6. The van der Waals surface area contributed by atoms with Crippen LogP contribution in [0.15, 0.2) is 58.8 Å². The minimum absolute atomic E-state index is 0.0545. The molecule has 0 saturated heterocycles. The van der Waals surface area contributed by atoms with Gasteiger partial charge in [-0.1, -0.05) is 46.7 Å². The number of aromatic nitrogens is 3. The lowest BCUT2D eigenvalue weighted by Crippen LogP contribution is -2.17. The van der Waals surface area contributed by atoms with E-state index in [9.17, 15) is 18.0 Å². The number of amides is 1. The second-order valence-corrected chi connectivity index (χ2v) is 7.72. The molecule has 0 aliphatic carbocycles. The summed E-state index contributed by atoms with van der Waals surface area (Å²) in [5, 5.41) is 13.5. The molecule has 2 aromatic carbocycles. The normalized spacial score (nSPS) is 12.0. The number of oxime groups is 1. The number of alkyl halides is 3. The fourth-order valence-corrected chi connectivity index (χ4v) is 3.45. The van der Waals surface area contributed by atoms with E-state index in [-0.39, 0.29) is 11.0 Å². The Morgan fingerprint density at radius 1 is 1.25 bits per heavy atom. The van der Waals surface area contributed by atoms with E-state index < -0.39 is 18.1 Å². The Morgan fingerprint density at radius 3 is 2.62 bits per heavy atom. The summed E-state index contributed by atoms with van der Waals surface area (Å²) in [5.74, 6) is -0.816. The second kappa shape index (κ2) is 9.92. The summed E-state index contributed by atoms with van der Waals surface area (Å²) in [5.41, 5.74) is 7.55. The molecule has 8 nitrogen and oxygen atoms in total. The summed E-state index contributed by atoms with van der Waals surface area (Å²) in [6.45, 7) is 0. The summed E-state index contributed by atoms with van der Waals surface area (Å²) >= 11 is 6.86. The number of carbonyl (C=O) groups is 1. The smallest absolute Gasteiger partial charge is 0.380 e. The van der Waals surface area contributed by atoms with Crippen molar-refractivity contribution in [3.05, 3.63) is 70.5 Å². The molecule has 3 N–H and O–H groups in total. The third-order valence-electron chi connectivity index (χ3n) is 4.00. The van der Waals surface area contributed by atoms with E-state index in [2.05, 4.69) is 20.7 Å². The molecule has 32 heavy (non-hydrogen) atoms. The molecule has 0 atom stereocenters. The van der Waals surface area contributed by atoms with Crippen molar-refractivity contribution in [2.24, 2.45) is 17.9 Å². The largest absolute Gasteiger partial charge is 0.451 e. The molecule has 168 valence electrons. The zero-order chi connectivity index (χ0) is 23.3. The number of nitrogens with two attached hydrogens (primary N) is 1. The van der Waals surface area contributed by atoms with Gasteiger partial charge >= 0.3 is 12.3 Å². The summed E-state index contributed by atoms with van der Waals surface area (Å²) < 4.78 is 39.4. The molecule has 0 aliphatic heterocycles. The molecule has 3 aromatic rings. The van der Waals surface area contributed by atoms with Gasteiger partial charge in [-0.3, -0.25) is 10.2 Å². The van der Waals surface area contributed by atoms with E-state index in [1.807, 2.05) is 0 Å². The van der Waals surface area contributed by atoms with Crippen molar-refractivity contribution in [3.8, 4) is 0 Å². The maximum atomic E-state index is 12.8. The first kappa shape index (κ1) is 23.4. The first-order chi connectivity index (χ1) is 15.1. The first-order valence-corrected chi connectivity index (χ1v) is 10.3. The van der Waals surface area contributed by atoms with Gasteiger partial charge in [-0.05, 0) is 35.9 Å². The number of carbonyl (C=O) groups excluding carboxylic acids is 1. The average Bonchev–Trinajstić information content (AvgIpc) is 3.13. The number of halogens is 4. The highest BCUT2D eigenvalue weighted by Crippen LogP contribution is 2.30. The van der Waals surface area contributed by atoms with E-state index in [0.717, 1.165) is 21.9 Å². The van der Waals surface area contributed by atoms with Crippen LogP contribution >= 0.6 is 23.4 Å². The predicted octanol–water partition coefficient (Wildman–Crippen LogP) is 4.65. The van der Waals surface area contributed by atoms with E-state index in [1.165, 1.54) is 7.05 Å². The monoisotopic (exact) mass is 484 g/mol. The molecule has 13 heteroatoms. The van der Waals surface area contributed by atoms with Crippen LogP contribution in [0.5, 0.6) is 0 Å². The van der Waals surface area contributed by atoms with Crippen LogP contribution in [0.4, 0.5) is 23.7 Å². The lowest BCUT2D eigenvalue weighted by Gasteiger charge is -2.07. The van der Waals surface area contributed by atoms with Crippen molar-refractivity contribution in [3.63, 3.8) is 0 Å². The van der Waals surface area contributed by atoms with Crippen LogP contribution in [0.2, 0.25) is 5.02 Å². The highest BCUT2D eigenvalue weighted by Gasteiger charge is 2.37. The lowest BCUT2D eigenvalue weighted by atomic mass is 10.1. The fraction of sp³-hybridized carbons (Fsp3) is 0.158. The SMILES string of the molecule is Cn1c(SCc2cccc(/C(N)=N\OC(=O)Nc3ccc(Cl)cc3)c2)nnc1C(F)(F)F. The molecular weight excluding hydrogens is 469 g/mol. The van der Waals surface area contributed by atoms with E-state index in [0.29, 0.717) is 22.0 Å². The van der Waals surface area contributed by atoms with E-state index >= 15 is 0 Å². The third kappa shape index (κ3) is 6.14. The van der Waals surface area contributed by atoms with Crippen molar-refractivity contribution >= 4 is 41.0 Å². The number of hydrogen-bond donors (Lipinski definition) is 2. The lowest BCUT2D eigenvalue weighted by molar-refractivity contribution is -0.147. The Kier molecular flexibility index (Phi) is 7.26. The quantitative estimate of drug-likeness (QED) is 0.173. The molecule has 1 amide bonds. The number of thioether (sulfide) groups is 1. The van der Waals surface area contributed by atoms with Gasteiger partial charge in [0.1, 0.15) is 0 Å². The molecule has 1 heterocycles. The fourth-order valence-electron chi connectivity index (χ4n) is 2.47. The standard InChI is InChI=1S/C19H16ClF3N6O2S/c1-29-16(19(21,22)23)26-27-17(29)32-10-11-3-2-4-12(9-11)15(24)28-31-18(30)25-14-7-5-13(20)6-8-14/h2-9H,10H2,1H3,(H2,24,28)(H,25,30). The van der Waals surface area contributed by atoms with Gasteiger partial charge in [-0.15, -0.1) is 10.2 Å². The maximum Gasteiger partial charge on any atom is 0.451 e. The maximum absolute atomic E-state index is 12.8. The Bertz CT molecular complexity index is 1130. The number of nitrogens with zero attached hydrogens (tertiary/aromatic N) is 4. The predicted molar refractivity (Wildman–Crippen MR) is 114 cm³/mol. The summed E-state index contributed by atoms with van der Waals surface area (Å²) in [6.07, 6.45) is -5.42. The van der Waals surface area contributed by atoms with Gasteiger partial charge in [0.15, 0.2) is 11.0 Å². The van der Waals surface area contributed by atoms with Gasteiger partial charge in [0.25, 0.3) is 0 Å². The van der Waals surface area contributed by atoms with Crippen LogP contribution < -0.4 is 11.1 Å². The van der Waals surface area contributed by atoms with Crippen LogP contribution in [0.25, 0.3) is 0 Å². The molecule has 0 spiro atoms. The topological polar surface area (TPSA) is 107 Å². The molecule has 0 radical (unpaired) electrons. The zero-order valence-electron chi connectivity index (χ0n) is 16.4. The van der Waals surface area contributed by atoms with Crippen LogP contribution in [0, 0.1) is 0 Å². The average molecular weight is 485 g/mol. The van der Waals surface area contributed by atoms with Crippen molar-refractivity contribution in [1.82, 2.24) is 14.8 Å². The van der Waals surface area contributed by atoms with Crippen LogP contribution in [0.1, 0.15) is 17.0 Å². The zero-order valence-corrected chi connectivity index (χ0v) is 18.0. The number of rotatable bonds is 6. The summed E-state index contributed by atoms with van der Waals surface area (Å²) in [6, 6.07) is 13.2. The van der Waals surface area contributed by atoms with Crippen LogP contribution in [-0.4, -0.2) is 26.7 Å². The van der Waals surface area contributed by atoms with Gasteiger partial charge < -0.3 is 10.3 Å². The third-order valence-corrected chi connectivity index (χ3v) is 5.34. The second-order valence-electron chi connectivity index (χ2n) is 6.34. The van der Waals surface area contributed by atoms with Gasteiger partial charge in [0, 0.05) is 29.1 Å². The van der Waals surface area contributed by atoms with Crippen molar-refractivity contribution in [2.75, 3.05) is 5.32 Å². The molecule has 1 aromatic heterocycles. The molecule has 3 rings (SSSR count). The Hall–Kier alpha value is -3.25. The highest BCUT2D eigenvalue weighted by atomic mass is 35.5. The Balaban J connectivity index is 1.60. The Morgan fingerprint density at radius 2 is 1.97 bits per heavy atom. The highest BCUT2D eigenvalue weighted by molar-refractivity contribution is 7.98. The number of anilines is 1. The molecule has 0 aliphatic rings. The Labute approximate surface area is 189 Å². The van der Waals surface area contributed by atoms with Crippen LogP contribution in [0.3, 0.4) is 0 Å². The van der Waals surface area contributed by atoms with Gasteiger partial charge in [0.05, 0.1) is 0 Å². The van der Waals surface area contributed by atoms with Gasteiger partial charge in [-0.2, -0.15) is 13.2 Å². The van der Waals surface area contributed by atoms with Gasteiger partial charge in [-0.25, -0.2) is 4.79 Å². The minimum atomic E-state index is -4.58. The minimum Gasteiger partial charge on any atom is -0.380 e. The number of amidine groups is 1. The summed E-state index contributed by atoms with van der Waals surface area (Å²) in [7, 11) is 1.25. The van der Waals surface area contributed by atoms with Crippen LogP contribution in [-0.2, 0) is 23.8 Å². The first-order valence-electron chi connectivity index (χ1n) is 8.89. The molecule has 0 bridgehead atoms. The number of nitrogens with one attached hydrogen (secondary N) is 1. The van der Waals surface area contributed by atoms with Crippen molar-refractivity contribution < 1.29 is 22.8 Å². The molecule has 0 fully saturated rings. The number of benzene rings is 2. The molecule has 0 unspecified atom stereocenters. The van der Waals surface area contributed by atoms with Crippen molar-refractivity contribution in [2.45, 2.75) is 17.1 Å². The van der Waals surface area contributed by atoms with E-state index in [1.54, 1.807) is 48.5 Å². The molecular formula is C19H16ClF3N6O2S. The molecule has 0 saturated carbocycles. The van der Waals surface area contributed by atoms with E-state index in [4.69, 9.17) is 22.2 Å². The number of hydrogen-bond acceptors (Lipinski definition) is 6.